The highest BCUT2D eigenvalue weighted by Crippen LogP contribution is 2.27. The van der Waals surface area contributed by atoms with Gasteiger partial charge in [0.2, 0.25) is 10.0 Å². The maximum Gasteiger partial charge on any atom is 0.254 e. The van der Waals surface area contributed by atoms with E-state index < -0.39 is 10.0 Å². The number of rotatable bonds is 7. The van der Waals surface area contributed by atoms with E-state index in [0.717, 1.165) is 11.3 Å². The number of sulfonamides is 1. The molecule has 0 bridgehead atoms. The van der Waals surface area contributed by atoms with Crippen LogP contribution in [0.4, 0.5) is 0 Å². The molecule has 1 amide bonds. The van der Waals surface area contributed by atoms with Crippen LogP contribution in [0.25, 0.3) is 0 Å². The summed E-state index contributed by atoms with van der Waals surface area (Å²) >= 11 is 0. The van der Waals surface area contributed by atoms with Crippen LogP contribution in [0.5, 0.6) is 5.75 Å². The van der Waals surface area contributed by atoms with E-state index in [1.807, 2.05) is 52.0 Å². The third-order valence-corrected chi connectivity index (χ3v) is 7.58. The van der Waals surface area contributed by atoms with Crippen LogP contribution in [0.1, 0.15) is 49.7 Å². The van der Waals surface area contributed by atoms with Gasteiger partial charge in [0.05, 0.1) is 30.3 Å². The Balaban J connectivity index is 1.87. The molecule has 7 nitrogen and oxygen atoms in total. The van der Waals surface area contributed by atoms with Crippen LogP contribution < -0.4 is 4.74 Å². The van der Waals surface area contributed by atoms with Crippen molar-refractivity contribution in [2.45, 2.75) is 50.8 Å². The van der Waals surface area contributed by atoms with E-state index in [2.05, 4.69) is 0 Å². The monoisotopic (exact) mass is 460 g/mol. The van der Waals surface area contributed by atoms with Gasteiger partial charge in [-0.2, -0.15) is 4.31 Å². The molecule has 0 N–H and O–H groups in total. The number of ether oxygens (including phenoxy) is 2. The first-order chi connectivity index (χ1) is 15.2. The van der Waals surface area contributed by atoms with Crippen molar-refractivity contribution in [3.05, 3.63) is 59.7 Å². The van der Waals surface area contributed by atoms with Crippen molar-refractivity contribution >= 4 is 15.9 Å². The Morgan fingerprint density at radius 2 is 1.81 bits per heavy atom. The van der Waals surface area contributed by atoms with Crippen LogP contribution in [0.3, 0.4) is 0 Å². The number of nitrogens with zero attached hydrogens (tertiary/aromatic N) is 2. The molecule has 1 heterocycles. The highest BCUT2D eigenvalue weighted by Gasteiger charge is 2.33. The lowest BCUT2D eigenvalue weighted by Gasteiger charge is -2.34. The molecule has 0 aromatic heterocycles. The van der Waals surface area contributed by atoms with Crippen LogP contribution in [-0.4, -0.2) is 62.5 Å². The van der Waals surface area contributed by atoms with Crippen molar-refractivity contribution in [2.75, 3.05) is 26.7 Å². The van der Waals surface area contributed by atoms with Crippen LogP contribution in [0.2, 0.25) is 0 Å². The third-order valence-electron chi connectivity index (χ3n) is 5.75. The Labute approximate surface area is 191 Å². The maximum atomic E-state index is 13.4. The second-order valence-electron chi connectivity index (χ2n) is 8.15. The summed E-state index contributed by atoms with van der Waals surface area (Å²) in [5.74, 6) is 0.503. The average molecular weight is 461 g/mol. The number of amides is 1. The second-order valence-corrected chi connectivity index (χ2v) is 10.1. The standard InChI is InChI=1S/C24H32N2O5S/c1-6-26(19(4)20-9-7-11-22(13-20)30-5)24(27)21-10-8-12-23(14-21)32(28,29)25-15-17(2)31-18(3)16-25/h7-14,17-19H,6,15-16H2,1-5H3. The van der Waals surface area contributed by atoms with Gasteiger partial charge in [0.15, 0.2) is 0 Å². The average Bonchev–Trinajstić information content (AvgIpc) is 2.78. The lowest BCUT2D eigenvalue weighted by atomic mass is 10.1. The number of hydrogen-bond acceptors (Lipinski definition) is 5. The molecule has 32 heavy (non-hydrogen) atoms. The van der Waals surface area contributed by atoms with Gasteiger partial charge in [0.25, 0.3) is 5.91 Å². The van der Waals surface area contributed by atoms with Gasteiger partial charge in [-0.1, -0.05) is 18.2 Å². The SMILES string of the molecule is CCN(C(=O)c1cccc(S(=O)(=O)N2CC(C)OC(C)C2)c1)C(C)c1cccc(OC)c1. The molecule has 174 valence electrons. The molecule has 3 rings (SSSR count). The molecule has 2 aromatic carbocycles. The lowest BCUT2D eigenvalue weighted by molar-refractivity contribution is -0.0440. The van der Waals surface area contributed by atoms with Crippen LogP contribution in [-0.2, 0) is 14.8 Å². The predicted octanol–water partition coefficient (Wildman–Crippen LogP) is 3.72. The molecule has 1 aliphatic heterocycles. The zero-order chi connectivity index (χ0) is 23.5. The van der Waals surface area contributed by atoms with Crippen LogP contribution in [0.15, 0.2) is 53.4 Å². The zero-order valence-corrected chi connectivity index (χ0v) is 20.1. The molecule has 0 saturated carbocycles. The Kier molecular flexibility index (Phi) is 7.59. The van der Waals surface area contributed by atoms with Gasteiger partial charge in [-0.15, -0.1) is 0 Å². The van der Waals surface area contributed by atoms with Gasteiger partial charge in [0.1, 0.15) is 5.75 Å². The van der Waals surface area contributed by atoms with Crippen molar-refractivity contribution in [3.63, 3.8) is 0 Å². The van der Waals surface area contributed by atoms with E-state index in [-0.39, 0.29) is 29.1 Å². The highest BCUT2D eigenvalue weighted by atomic mass is 32.2. The topological polar surface area (TPSA) is 76.2 Å². The molecule has 1 fully saturated rings. The molecule has 8 heteroatoms. The molecule has 0 radical (unpaired) electrons. The van der Waals surface area contributed by atoms with Crippen molar-refractivity contribution < 1.29 is 22.7 Å². The highest BCUT2D eigenvalue weighted by molar-refractivity contribution is 7.89. The Hall–Kier alpha value is -2.42. The zero-order valence-electron chi connectivity index (χ0n) is 19.3. The van der Waals surface area contributed by atoms with Gasteiger partial charge >= 0.3 is 0 Å². The first kappa shape index (κ1) is 24.2. The number of carbonyl (C=O) groups is 1. The molecule has 2 aromatic rings. The Morgan fingerprint density at radius 3 is 2.44 bits per heavy atom. The molecule has 0 aliphatic carbocycles. The summed E-state index contributed by atoms with van der Waals surface area (Å²) in [5, 5.41) is 0. The summed E-state index contributed by atoms with van der Waals surface area (Å²) < 4.78 is 38.9. The van der Waals surface area contributed by atoms with Gasteiger partial charge in [-0.05, 0) is 63.6 Å². The summed E-state index contributed by atoms with van der Waals surface area (Å²) in [4.78, 5) is 15.2. The summed E-state index contributed by atoms with van der Waals surface area (Å²) in [5.41, 5.74) is 1.29. The minimum atomic E-state index is -3.73. The maximum absolute atomic E-state index is 13.4. The largest absolute Gasteiger partial charge is 0.497 e. The summed E-state index contributed by atoms with van der Waals surface area (Å²) in [7, 11) is -2.13. The van der Waals surface area contributed by atoms with E-state index in [1.165, 1.54) is 10.4 Å². The molecule has 3 unspecified atom stereocenters. The van der Waals surface area contributed by atoms with E-state index >= 15 is 0 Å². The second kappa shape index (κ2) is 10.0. The fourth-order valence-electron chi connectivity index (χ4n) is 4.11. The molecule has 1 saturated heterocycles. The van der Waals surface area contributed by atoms with Gasteiger partial charge in [-0.25, -0.2) is 8.42 Å². The molecule has 3 atom stereocenters. The van der Waals surface area contributed by atoms with E-state index in [1.54, 1.807) is 30.2 Å². The smallest absolute Gasteiger partial charge is 0.254 e. The molecule has 0 spiro atoms. The lowest BCUT2D eigenvalue weighted by Crippen LogP contribution is -2.48. The fourth-order valence-corrected chi connectivity index (χ4v) is 5.74. The van der Waals surface area contributed by atoms with Crippen molar-refractivity contribution in [1.82, 2.24) is 9.21 Å². The summed E-state index contributed by atoms with van der Waals surface area (Å²) in [6.45, 7) is 8.64. The van der Waals surface area contributed by atoms with E-state index in [0.29, 0.717) is 25.2 Å². The van der Waals surface area contributed by atoms with E-state index in [9.17, 15) is 13.2 Å². The normalized spacial score (nSPS) is 20.5. The van der Waals surface area contributed by atoms with Crippen LogP contribution >= 0.6 is 0 Å². The minimum Gasteiger partial charge on any atom is -0.497 e. The van der Waals surface area contributed by atoms with Crippen molar-refractivity contribution in [1.29, 1.82) is 0 Å². The third kappa shape index (κ3) is 5.14. The summed E-state index contributed by atoms with van der Waals surface area (Å²) in [6.07, 6.45) is -0.365. The Bertz CT molecular complexity index is 1050. The van der Waals surface area contributed by atoms with Gasteiger partial charge in [0, 0.05) is 25.2 Å². The van der Waals surface area contributed by atoms with Crippen molar-refractivity contribution in [2.24, 2.45) is 0 Å². The number of carbonyl (C=O) groups excluding carboxylic acids is 1. The minimum absolute atomic E-state index is 0.120. The number of methoxy groups -OCH3 is 1. The number of morpholine rings is 1. The molecule has 1 aliphatic rings. The number of hydrogen-bond donors (Lipinski definition) is 0. The number of benzene rings is 2. The van der Waals surface area contributed by atoms with Crippen molar-refractivity contribution in [3.8, 4) is 5.75 Å². The predicted molar refractivity (Wildman–Crippen MR) is 123 cm³/mol. The molecular formula is C24H32N2O5S. The fraction of sp³-hybridized carbons (Fsp3) is 0.458. The molecular weight excluding hydrogens is 428 g/mol. The van der Waals surface area contributed by atoms with Gasteiger partial charge in [-0.3, -0.25) is 4.79 Å². The Morgan fingerprint density at radius 1 is 1.16 bits per heavy atom. The first-order valence-electron chi connectivity index (χ1n) is 10.9. The quantitative estimate of drug-likeness (QED) is 0.630. The summed E-state index contributed by atoms with van der Waals surface area (Å²) in [6, 6.07) is 13.7. The van der Waals surface area contributed by atoms with Gasteiger partial charge < -0.3 is 14.4 Å². The van der Waals surface area contributed by atoms with E-state index in [4.69, 9.17) is 9.47 Å². The van der Waals surface area contributed by atoms with Crippen LogP contribution in [0, 0.1) is 0 Å². The first-order valence-corrected chi connectivity index (χ1v) is 12.3.